The van der Waals surface area contributed by atoms with Crippen molar-refractivity contribution in [2.45, 2.75) is 12.8 Å². The molecular weight excluding hydrogens is 351 g/mol. The summed E-state index contributed by atoms with van der Waals surface area (Å²) in [6.07, 6.45) is -3.16. The van der Waals surface area contributed by atoms with Gasteiger partial charge in [-0.3, -0.25) is 9.78 Å². The fraction of sp³-hybridized carbons (Fsp3) is 0.143. The fourth-order valence-electron chi connectivity index (χ4n) is 1.63. The van der Waals surface area contributed by atoms with Crippen molar-refractivity contribution in [1.82, 2.24) is 4.98 Å². The topological polar surface area (TPSA) is 39.2 Å². The van der Waals surface area contributed by atoms with E-state index in [1.165, 1.54) is 30.5 Å². The Hall–Kier alpha value is -1.89. The molecule has 2 aromatic rings. The van der Waals surface area contributed by atoms with E-state index in [9.17, 15) is 18.0 Å². The number of Topliss-reactive ketones (excluding diaryl/α,β-unsaturated/α-hetero) is 1. The van der Waals surface area contributed by atoms with Gasteiger partial charge in [0, 0.05) is 17.1 Å². The summed E-state index contributed by atoms with van der Waals surface area (Å²) in [7, 11) is 0. The Morgan fingerprint density at radius 2 is 1.81 bits per heavy atom. The van der Waals surface area contributed by atoms with Gasteiger partial charge in [0.05, 0.1) is 0 Å². The SMILES string of the molecule is O=C(Cc1ccc(OC(F)(F)F)cc1)c1ccc(Br)cn1. The molecule has 0 spiro atoms. The number of carbonyl (C=O) groups excluding carboxylic acids is 1. The van der Waals surface area contributed by atoms with Crippen LogP contribution in [0.2, 0.25) is 0 Å². The van der Waals surface area contributed by atoms with E-state index in [1.807, 2.05) is 0 Å². The largest absolute Gasteiger partial charge is 0.573 e. The highest BCUT2D eigenvalue weighted by Gasteiger charge is 2.30. The molecule has 3 nitrogen and oxygen atoms in total. The molecule has 110 valence electrons. The van der Waals surface area contributed by atoms with Crippen molar-refractivity contribution in [3.8, 4) is 5.75 Å². The number of ether oxygens (including phenoxy) is 1. The van der Waals surface area contributed by atoms with Crippen LogP contribution in [0.25, 0.3) is 0 Å². The maximum Gasteiger partial charge on any atom is 0.573 e. The number of nitrogens with zero attached hydrogens (tertiary/aromatic N) is 1. The molecule has 1 aromatic heterocycles. The quantitative estimate of drug-likeness (QED) is 0.769. The molecule has 0 amide bonds. The molecule has 0 fully saturated rings. The minimum Gasteiger partial charge on any atom is -0.406 e. The molecule has 0 unspecified atom stereocenters. The second-order valence-electron chi connectivity index (χ2n) is 4.15. The lowest BCUT2D eigenvalue weighted by atomic mass is 10.1. The predicted molar refractivity (Wildman–Crippen MR) is 73.1 cm³/mol. The second-order valence-corrected chi connectivity index (χ2v) is 5.07. The Balaban J connectivity index is 2.03. The Morgan fingerprint density at radius 3 is 2.33 bits per heavy atom. The van der Waals surface area contributed by atoms with Crippen molar-refractivity contribution in [3.63, 3.8) is 0 Å². The number of hydrogen-bond donors (Lipinski definition) is 0. The third-order valence-corrected chi connectivity index (χ3v) is 3.00. The number of carbonyl (C=O) groups is 1. The number of alkyl halides is 3. The van der Waals surface area contributed by atoms with Crippen LogP contribution in [0.5, 0.6) is 5.75 Å². The zero-order chi connectivity index (χ0) is 15.5. The predicted octanol–water partition coefficient (Wildman–Crippen LogP) is 4.17. The van der Waals surface area contributed by atoms with Crippen molar-refractivity contribution < 1.29 is 22.7 Å². The second kappa shape index (κ2) is 6.26. The molecule has 0 aliphatic rings. The Bertz CT molecular complexity index is 624. The van der Waals surface area contributed by atoms with E-state index < -0.39 is 6.36 Å². The summed E-state index contributed by atoms with van der Waals surface area (Å²) in [5.74, 6) is -0.535. The normalized spacial score (nSPS) is 11.2. The first kappa shape index (κ1) is 15.5. The van der Waals surface area contributed by atoms with E-state index in [2.05, 4.69) is 25.7 Å². The number of hydrogen-bond acceptors (Lipinski definition) is 3. The van der Waals surface area contributed by atoms with Crippen LogP contribution in [0.1, 0.15) is 16.1 Å². The number of pyridine rings is 1. The summed E-state index contributed by atoms with van der Waals surface area (Å²) in [5.41, 5.74) is 0.882. The van der Waals surface area contributed by atoms with Crippen LogP contribution >= 0.6 is 15.9 Å². The third kappa shape index (κ3) is 4.86. The van der Waals surface area contributed by atoms with Gasteiger partial charge in [0.2, 0.25) is 0 Å². The van der Waals surface area contributed by atoms with Gasteiger partial charge in [0.15, 0.2) is 5.78 Å². The van der Waals surface area contributed by atoms with E-state index in [1.54, 1.807) is 12.1 Å². The van der Waals surface area contributed by atoms with Gasteiger partial charge in [-0.05, 0) is 45.8 Å². The maximum atomic E-state index is 12.0. The number of benzene rings is 1. The van der Waals surface area contributed by atoms with Crippen molar-refractivity contribution >= 4 is 21.7 Å². The molecule has 1 heterocycles. The number of halogens is 4. The molecule has 0 bridgehead atoms. The summed E-state index contributed by atoms with van der Waals surface area (Å²) in [4.78, 5) is 15.9. The lowest BCUT2D eigenvalue weighted by Crippen LogP contribution is -2.17. The van der Waals surface area contributed by atoms with Gasteiger partial charge >= 0.3 is 6.36 Å². The molecule has 0 saturated heterocycles. The molecule has 0 N–H and O–H groups in total. The Labute approximate surface area is 126 Å². The van der Waals surface area contributed by atoms with Gasteiger partial charge in [-0.25, -0.2) is 0 Å². The summed E-state index contributed by atoms with van der Waals surface area (Å²) in [6, 6.07) is 8.44. The van der Waals surface area contributed by atoms with Gasteiger partial charge in [-0.2, -0.15) is 0 Å². The summed E-state index contributed by atoms with van der Waals surface area (Å²) >= 11 is 3.21. The number of aromatic nitrogens is 1. The zero-order valence-electron chi connectivity index (χ0n) is 10.5. The smallest absolute Gasteiger partial charge is 0.406 e. The highest BCUT2D eigenvalue weighted by atomic mass is 79.9. The monoisotopic (exact) mass is 359 g/mol. The van der Waals surface area contributed by atoms with E-state index in [-0.39, 0.29) is 18.0 Å². The van der Waals surface area contributed by atoms with Crippen molar-refractivity contribution in [2.75, 3.05) is 0 Å². The molecule has 1 aromatic carbocycles. The van der Waals surface area contributed by atoms with Gasteiger partial charge in [-0.15, -0.1) is 13.2 Å². The molecule has 2 rings (SSSR count). The molecule has 7 heteroatoms. The molecule has 0 aliphatic carbocycles. The van der Waals surface area contributed by atoms with E-state index >= 15 is 0 Å². The average Bonchev–Trinajstić information content (AvgIpc) is 2.40. The third-order valence-electron chi connectivity index (χ3n) is 2.53. The number of ketones is 1. The molecule has 0 radical (unpaired) electrons. The molecular formula is C14H9BrF3NO2. The average molecular weight is 360 g/mol. The van der Waals surface area contributed by atoms with Crippen LogP contribution in [0.4, 0.5) is 13.2 Å². The first-order valence-corrected chi connectivity index (χ1v) is 6.62. The van der Waals surface area contributed by atoms with Crippen LogP contribution in [0.15, 0.2) is 47.1 Å². The standard InChI is InChI=1S/C14H9BrF3NO2/c15-10-3-6-12(19-8-10)13(20)7-9-1-4-11(5-2-9)21-14(16,17)18/h1-6,8H,7H2. The van der Waals surface area contributed by atoms with E-state index in [0.29, 0.717) is 11.3 Å². The van der Waals surface area contributed by atoms with Crippen molar-refractivity contribution in [1.29, 1.82) is 0 Å². The van der Waals surface area contributed by atoms with Crippen molar-refractivity contribution in [2.24, 2.45) is 0 Å². The summed E-state index contributed by atoms with van der Waals surface area (Å²) in [5, 5.41) is 0. The van der Waals surface area contributed by atoms with E-state index in [4.69, 9.17) is 0 Å². The van der Waals surface area contributed by atoms with Crippen molar-refractivity contribution in [3.05, 3.63) is 58.3 Å². The van der Waals surface area contributed by atoms with Crippen LogP contribution in [-0.2, 0) is 6.42 Å². The minimum absolute atomic E-state index is 0.0565. The van der Waals surface area contributed by atoms with Crippen LogP contribution in [0, 0.1) is 0 Å². The minimum atomic E-state index is -4.72. The fourth-order valence-corrected chi connectivity index (χ4v) is 1.86. The zero-order valence-corrected chi connectivity index (χ0v) is 12.1. The lowest BCUT2D eigenvalue weighted by Gasteiger charge is -2.09. The van der Waals surface area contributed by atoms with Gasteiger partial charge in [0.25, 0.3) is 0 Å². The maximum absolute atomic E-state index is 12.0. The number of rotatable bonds is 4. The summed E-state index contributed by atoms with van der Waals surface area (Å²) in [6.45, 7) is 0. The first-order chi connectivity index (χ1) is 9.83. The van der Waals surface area contributed by atoms with Crippen LogP contribution in [0.3, 0.4) is 0 Å². The first-order valence-electron chi connectivity index (χ1n) is 5.83. The molecule has 0 saturated carbocycles. The Kier molecular flexibility index (Phi) is 4.62. The van der Waals surface area contributed by atoms with Gasteiger partial charge in [-0.1, -0.05) is 12.1 Å². The highest BCUT2D eigenvalue weighted by Crippen LogP contribution is 2.23. The molecule has 0 aliphatic heterocycles. The van der Waals surface area contributed by atoms with Gasteiger partial charge < -0.3 is 4.74 Å². The molecule has 21 heavy (non-hydrogen) atoms. The van der Waals surface area contributed by atoms with Gasteiger partial charge in [0.1, 0.15) is 11.4 Å². The van der Waals surface area contributed by atoms with Crippen LogP contribution in [-0.4, -0.2) is 17.1 Å². The van der Waals surface area contributed by atoms with E-state index in [0.717, 1.165) is 4.47 Å². The van der Waals surface area contributed by atoms with Crippen LogP contribution < -0.4 is 4.74 Å². The lowest BCUT2D eigenvalue weighted by molar-refractivity contribution is -0.274. The molecule has 0 atom stereocenters. The summed E-state index contributed by atoms with van der Waals surface area (Å²) < 4.78 is 40.6. The highest BCUT2D eigenvalue weighted by molar-refractivity contribution is 9.10. The Morgan fingerprint density at radius 1 is 1.14 bits per heavy atom.